The van der Waals surface area contributed by atoms with Crippen LogP contribution in [0.4, 0.5) is 0 Å². The van der Waals surface area contributed by atoms with Gasteiger partial charge in [0, 0.05) is 11.8 Å². The van der Waals surface area contributed by atoms with Crippen molar-refractivity contribution in [2.24, 2.45) is 22.7 Å². The molecule has 108 valence electrons. The Hall–Kier alpha value is -1.10. The molecule has 5 fully saturated rings. The zero-order chi connectivity index (χ0) is 14.0. The van der Waals surface area contributed by atoms with Crippen LogP contribution in [0.15, 0.2) is 0 Å². The van der Waals surface area contributed by atoms with Gasteiger partial charge in [-0.1, -0.05) is 13.8 Å². The second kappa shape index (κ2) is 2.78. The molecule has 2 aliphatic carbocycles. The van der Waals surface area contributed by atoms with Crippen LogP contribution in [0.2, 0.25) is 0 Å². The van der Waals surface area contributed by atoms with Crippen molar-refractivity contribution in [3.05, 3.63) is 0 Å². The van der Waals surface area contributed by atoms with E-state index in [-0.39, 0.29) is 35.1 Å². The first-order chi connectivity index (χ1) is 9.39. The third kappa shape index (κ3) is 0.850. The Balaban J connectivity index is 1.75. The monoisotopic (exact) mass is 278 g/mol. The molecule has 0 aromatic heterocycles. The lowest BCUT2D eigenvalue weighted by Crippen LogP contribution is -2.64. The van der Waals surface area contributed by atoms with Crippen molar-refractivity contribution in [3.63, 3.8) is 0 Å². The van der Waals surface area contributed by atoms with E-state index in [1.54, 1.807) is 0 Å². The summed E-state index contributed by atoms with van der Waals surface area (Å²) in [6.07, 6.45) is 2.99. The van der Waals surface area contributed by atoms with Crippen LogP contribution in [0.1, 0.15) is 39.5 Å². The summed E-state index contributed by atoms with van der Waals surface area (Å²) in [6.45, 7) is 4.87. The first kappa shape index (κ1) is 11.5. The zero-order valence-corrected chi connectivity index (χ0v) is 11.7. The molecule has 20 heavy (non-hydrogen) atoms. The molecule has 0 aromatic rings. The van der Waals surface area contributed by atoms with Gasteiger partial charge in [0.1, 0.15) is 0 Å². The van der Waals surface area contributed by atoms with Crippen LogP contribution in [-0.2, 0) is 23.8 Å². The van der Waals surface area contributed by atoms with Crippen LogP contribution in [-0.4, -0.2) is 29.9 Å². The third-order valence-electron chi connectivity index (χ3n) is 7.17. The normalized spacial score (nSPS) is 62.1. The highest BCUT2D eigenvalue weighted by atomic mass is 16.8. The molecule has 3 heterocycles. The molecule has 0 aromatic carbocycles. The van der Waals surface area contributed by atoms with Gasteiger partial charge in [-0.25, -0.2) is 0 Å². The standard InChI is InChI=1S/C15H18O5/c1-8-3-4-12(2)10-11(17)18-7-13(8,12)6-15-14(10,20-15)5-9(16)19-15/h8,10H,3-7H2,1-2H3/t8-,10+,12+,13-,14-,15+/m1/s1. The van der Waals surface area contributed by atoms with E-state index >= 15 is 0 Å². The number of hydrogen-bond acceptors (Lipinski definition) is 5. The fourth-order valence-electron chi connectivity index (χ4n) is 6.02. The number of rotatable bonds is 0. The van der Waals surface area contributed by atoms with Crippen molar-refractivity contribution in [2.75, 3.05) is 6.61 Å². The van der Waals surface area contributed by atoms with E-state index < -0.39 is 11.4 Å². The fraction of sp³-hybridized carbons (Fsp3) is 0.867. The van der Waals surface area contributed by atoms with Crippen molar-refractivity contribution < 1.29 is 23.8 Å². The predicted molar refractivity (Wildman–Crippen MR) is 65.3 cm³/mol. The summed E-state index contributed by atoms with van der Waals surface area (Å²) in [4.78, 5) is 24.2. The molecular formula is C15H18O5. The number of carbonyl (C=O) groups is 2. The Morgan fingerprint density at radius 3 is 2.90 bits per heavy atom. The van der Waals surface area contributed by atoms with Gasteiger partial charge in [-0.05, 0) is 24.2 Å². The van der Waals surface area contributed by atoms with E-state index in [9.17, 15) is 9.59 Å². The lowest BCUT2D eigenvalue weighted by Gasteiger charge is -2.56. The van der Waals surface area contributed by atoms with Crippen LogP contribution in [0, 0.1) is 22.7 Å². The Labute approximate surface area is 116 Å². The minimum absolute atomic E-state index is 0.101. The maximum Gasteiger partial charge on any atom is 0.312 e. The molecule has 5 nitrogen and oxygen atoms in total. The lowest BCUT2D eigenvalue weighted by molar-refractivity contribution is -0.208. The van der Waals surface area contributed by atoms with Gasteiger partial charge in [0.25, 0.3) is 0 Å². The number of epoxide rings is 1. The minimum atomic E-state index is -0.827. The SMILES string of the molecule is C[C@@H]1CC[C@@]2(C)[C@@H]3C(=O)OC[C@]12C[C@@]12OC(=O)C[C@@]31O2. The van der Waals surface area contributed by atoms with Crippen LogP contribution in [0.3, 0.4) is 0 Å². The second-order valence-corrected chi connectivity index (χ2v) is 7.63. The van der Waals surface area contributed by atoms with Gasteiger partial charge < -0.3 is 14.2 Å². The van der Waals surface area contributed by atoms with Gasteiger partial charge in [-0.15, -0.1) is 0 Å². The average Bonchev–Trinajstić information content (AvgIpc) is 2.73. The van der Waals surface area contributed by atoms with E-state index in [1.807, 2.05) is 0 Å². The van der Waals surface area contributed by atoms with Crippen molar-refractivity contribution >= 4 is 11.9 Å². The summed E-state index contributed by atoms with van der Waals surface area (Å²) in [5.41, 5.74) is -0.962. The summed E-state index contributed by atoms with van der Waals surface area (Å²) in [7, 11) is 0. The minimum Gasteiger partial charge on any atom is -0.465 e. The Morgan fingerprint density at radius 1 is 1.30 bits per heavy atom. The molecule has 0 amide bonds. The number of hydrogen-bond donors (Lipinski definition) is 0. The maximum atomic E-state index is 12.5. The molecule has 0 unspecified atom stereocenters. The molecule has 3 saturated heterocycles. The van der Waals surface area contributed by atoms with Crippen LogP contribution in [0.5, 0.6) is 0 Å². The third-order valence-corrected chi connectivity index (χ3v) is 7.17. The Kier molecular flexibility index (Phi) is 1.60. The highest BCUT2D eigenvalue weighted by Crippen LogP contribution is 2.80. The highest BCUT2D eigenvalue weighted by Gasteiger charge is 2.92. The molecule has 0 radical (unpaired) electrons. The number of esters is 2. The molecule has 0 spiro atoms. The topological polar surface area (TPSA) is 65.1 Å². The summed E-state index contributed by atoms with van der Waals surface area (Å²) in [5, 5.41) is 0. The largest absolute Gasteiger partial charge is 0.465 e. The van der Waals surface area contributed by atoms with Gasteiger partial charge in [-0.2, -0.15) is 0 Å². The zero-order valence-electron chi connectivity index (χ0n) is 11.7. The second-order valence-electron chi connectivity index (χ2n) is 7.63. The Morgan fingerprint density at radius 2 is 2.10 bits per heavy atom. The van der Waals surface area contributed by atoms with Gasteiger partial charge in [-0.3, -0.25) is 9.59 Å². The molecule has 6 atom stereocenters. The molecule has 5 rings (SSSR count). The van der Waals surface area contributed by atoms with Crippen LogP contribution < -0.4 is 0 Å². The summed E-state index contributed by atoms with van der Waals surface area (Å²) < 4.78 is 17.0. The number of ether oxygens (including phenoxy) is 3. The van der Waals surface area contributed by atoms with Crippen molar-refractivity contribution in [1.82, 2.24) is 0 Å². The lowest BCUT2D eigenvalue weighted by atomic mass is 9.48. The fourth-order valence-corrected chi connectivity index (χ4v) is 6.02. The molecular weight excluding hydrogens is 260 g/mol. The van der Waals surface area contributed by atoms with Crippen LogP contribution >= 0.6 is 0 Å². The molecule has 2 saturated carbocycles. The number of cyclic esters (lactones) is 1. The quantitative estimate of drug-likeness (QED) is 0.495. The van der Waals surface area contributed by atoms with Gasteiger partial charge in [0.2, 0.25) is 5.79 Å². The van der Waals surface area contributed by atoms with Gasteiger partial charge in [0.15, 0.2) is 5.60 Å². The van der Waals surface area contributed by atoms with Gasteiger partial charge >= 0.3 is 11.9 Å². The molecule has 5 aliphatic rings. The summed E-state index contributed by atoms with van der Waals surface area (Å²) in [5.74, 6) is -1.15. The van der Waals surface area contributed by atoms with E-state index in [4.69, 9.17) is 14.2 Å². The van der Waals surface area contributed by atoms with E-state index in [0.29, 0.717) is 18.9 Å². The van der Waals surface area contributed by atoms with Crippen molar-refractivity contribution in [3.8, 4) is 0 Å². The molecule has 5 heteroatoms. The van der Waals surface area contributed by atoms with Crippen molar-refractivity contribution in [1.29, 1.82) is 0 Å². The van der Waals surface area contributed by atoms with E-state index in [1.165, 1.54) is 0 Å². The first-order valence-corrected chi connectivity index (χ1v) is 7.48. The average molecular weight is 278 g/mol. The van der Waals surface area contributed by atoms with Gasteiger partial charge in [0.05, 0.1) is 18.9 Å². The predicted octanol–water partition coefficient (Wildman–Crippen LogP) is 1.40. The van der Waals surface area contributed by atoms with E-state index in [0.717, 1.165) is 12.8 Å². The van der Waals surface area contributed by atoms with E-state index in [2.05, 4.69) is 13.8 Å². The number of carbonyl (C=O) groups excluding carboxylic acids is 2. The maximum absolute atomic E-state index is 12.5. The Bertz CT molecular complexity index is 573. The summed E-state index contributed by atoms with van der Waals surface area (Å²) >= 11 is 0. The highest BCUT2D eigenvalue weighted by molar-refractivity contribution is 5.84. The smallest absolute Gasteiger partial charge is 0.312 e. The van der Waals surface area contributed by atoms with Crippen molar-refractivity contribution in [2.45, 2.75) is 50.9 Å². The first-order valence-electron chi connectivity index (χ1n) is 7.48. The molecule has 0 N–H and O–H groups in total. The molecule has 2 bridgehead atoms. The summed E-state index contributed by atoms with van der Waals surface area (Å²) in [6, 6.07) is 0. The van der Waals surface area contributed by atoms with Crippen LogP contribution in [0.25, 0.3) is 0 Å². The molecule has 3 aliphatic heterocycles.